The molecule has 3 N–H and O–H groups in total. The molecule has 0 aliphatic carbocycles. The number of hydrogen-bond acceptors (Lipinski definition) is 2. The topological polar surface area (TPSA) is 55.1 Å². The Morgan fingerprint density at radius 3 is 2.78 bits per heavy atom. The second-order valence-corrected chi connectivity index (χ2v) is 5.35. The summed E-state index contributed by atoms with van der Waals surface area (Å²) in [6, 6.07) is 7.36. The molecule has 3 nitrogen and oxygen atoms in total. The molecular formula is C14H21ClN2O. The molecule has 0 saturated carbocycles. The zero-order valence-electron chi connectivity index (χ0n) is 11.2. The molecule has 0 aromatic heterocycles. The number of carbonyl (C=O) groups excluding carboxylic acids is 1. The van der Waals surface area contributed by atoms with Crippen molar-refractivity contribution in [3.63, 3.8) is 0 Å². The molecule has 0 heterocycles. The number of rotatable bonds is 5. The normalized spacial score (nSPS) is 15.8. The fraction of sp³-hybridized carbons (Fsp3) is 0.500. The van der Waals surface area contributed by atoms with Crippen LogP contribution in [0.2, 0.25) is 5.02 Å². The highest BCUT2D eigenvalue weighted by Gasteiger charge is 2.28. The third kappa shape index (κ3) is 4.00. The Balaban J connectivity index is 2.70. The van der Waals surface area contributed by atoms with Gasteiger partial charge in [0.1, 0.15) is 0 Å². The van der Waals surface area contributed by atoms with Crippen LogP contribution in [-0.4, -0.2) is 11.4 Å². The van der Waals surface area contributed by atoms with Crippen LogP contribution < -0.4 is 11.1 Å². The summed E-state index contributed by atoms with van der Waals surface area (Å²) >= 11 is 5.93. The second kappa shape index (κ2) is 6.21. The van der Waals surface area contributed by atoms with Gasteiger partial charge in [0.2, 0.25) is 5.91 Å². The molecule has 0 aliphatic rings. The molecule has 18 heavy (non-hydrogen) atoms. The van der Waals surface area contributed by atoms with Crippen molar-refractivity contribution in [3.05, 3.63) is 34.9 Å². The number of carbonyl (C=O) groups is 1. The number of nitrogens with one attached hydrogen (secondary N) is 1. The first-order chi connectivity index (χ1) is 8.36. The van der Waals surface area contributed by atoms with Gasteiger partial charge in [0.05, 0.1) is 11.6 Å². The number of benzene rings is 1. The minimum Gasteiger partial charge on any atom is -0.348 e. The average molecular weight is 269 g/mol. The summed E-state index contributed by atoms with van der Waals surface area (Å²) in [5.74, 6) is -0.128. The van der Waals surface area contributed by atoms with Crippen molar-refractivity contribution in [2.75, 3.05) is 0 Å². The number of halogens is 1. The molecule has 2 unspecified atom stereocenters. The van der Waals surface area contributed by atoms with Gasteiger partial charge < -0.3 is 11.1 Å². The highest BCUT2D eigenvalue weighted by molar-refractivity contribution is 6.30. The van der Waals surface area contributed by atoms with E-state index in [9.17, 15) is 4.79 Å². The zero-order valence-corrected chi connectivity index (χ0v) is 11.9. The van der Waals surface area contributed by atoms with Gasteiger partial charge in [0.15, 0.2) is 0 Å². The van der Waals surface area contributed by atoms with Crippen LogP contribution in [-0.2, 0) is 4.79 Å². The highest BCUT2D eigenvalue weighted by Crippen LogP contribution is 2.18. The summed E-state index contributed by atoms with van der Waals surface area (Å²) in [6.45, 7) is 5.70. The lowest BCUT2D eigenvalue weighted by atomic mass is 9.95. The van der Waals surface area contributed by atoms with Crippen LogP contribution in [0.15, 0.2) is 24.3 Å². The predicted octanol–water partition coefficient (Wildman–Crippen LogP) is 3.03. The molecular weight excluding hydrogens is 248 g/mol. The maximum Gasteiger partial charge on any atom is 0.240 e. The number of nitrogens with two attached hydrogens (primary N) is 1. The van der Waals surface area contributed by atoms with Crippen molar-refractivity contribution >= 4 is 17.5 Å². The monoisotopic (exact) mass is 268 g/mol. The fourth-order valence-electron chi connectivity index (χ4n) is 1.85. The summed E-state index contributed by atoms with van der Waals surface area (Å²) in [4.78, 5) is 12.1. The Bertz CT molecular complexity index is 418. The Morgan fingerprint density at radius 2 is 2.22 bits per heavy atom. The molecule has 0 fully saturated rings. The Morgan fingerprint density at radius 1 is 1.56 bits per heavy atom. The molecule has 0 spiro atoms. The van der Waals surface area contributed by atoms with Crippen LogP contribution in [0.4, 0.5) is 0 Å². The molecule has 1 aromatic rings. The van der Waals surface area contributed by atoms with Gasteiger partial charge in [-0.3, -0.25) is 4.79 Å². The molecule has 4 heteroatoms. The Kier molecular flexibility index (Phi) is 5.17. The van der Waals surface area contributed by atoms with Crippen LogP contribution in [0.5, 0.6) is 0 Å². The fourth-order valence-corrected chi connectivity index (χ4v) is 2.05. The molecule has 1 amide bonds. The van der Waals surface area contributed by atoms with E-state index in [0.29, 0.717) is 11.4 Å². The third-order valence-corrected chi connectivity index (χ3v) is 3.22. The first-order valence-corrected chi connectivity index (χ1v) is 6.60. The average Bonchev–Trinajstić information content (AvgIpc) is 2.28. The van der Waals surface area contributed by atoms with Crippen LogP contribution in [0.1, 0.15) is 45.2 Å². The lowest BCUT2D eigenvalue weighted by Gasteiger charge is -2.25. The number of hydrogen-bond donors (Lipinski definition) is 2. The van der Waals surface area contributed by atoms with Gasteiger partial charge in [-0.15, -0.1) is 0 Å². The van der Waals surface area contributed by atoms with Gasteiger partial charge in [-0.05, 0) is 38.0 Å². The Hall–Kier alpha value is -1.06. The van der Waals surface area contributed by atoms with Crippen molar-refractivity contribution in [2.45, 2.75) is 45.2 Å². The smallest absolute Gasteiger partial charge is 0.240 e. The van der Waals surface area contributed by atoms with E-state index in [-0.39, 0.29) is 11.9 Å². The van der Waals surface area contributed by atoms with E-state index in [1.165, 1.54) is 0 Å². The number of amides is 1. The summed E-state index contributed by atoms with van der Waals surface area (Å²) in [7, 11) is 0. The molecule has 100 valence electrons. The first kappa shape index (κ1) is 15.0. The van der Waals surface area contributed by atoms with Crippen LogP contribution in [0.25, 0.3) is 0 Å². The van der Waals surface area contributed by atoms with Gasteiger partial charge in [-0.25, -0.2) is 0 Å². The lowest BCUT2D eigenvalue weighted by Crippen LogP contribution is -2.52. The van der Waals surface area contributed by atoms with Crippen molar-refractivity contribution < 1.29 is 4.79 Å². The largest absolute Gasteiger partial charge is 0.348 e. The minimum atomic E-state index is -0.818. The molecule has 0 bridgehead atoms. The molecule has 1 rings (SSSR count). The summed E-state index contributed by atoms with van der Waals surface area (Å²) < 4.78 is 0. The predicted molar refractivity (Wildman–Crippen MR) is 75.5 cm³/mol. The van der Waals surface area contributed by atoms with Crippen LogP contribution >= 0.6 is 11.6 Å². The van der Waals surface area contributed by atoms with Crippen molar-refractivity contribution in [1.29, 1.82) is 0 Å². The van der Waals surface area contributed by atoms with E-state index >= 15 is 0 Å². The van der Waals surface area contributed by atoms with Crippen molar-refractivity contribution in [1.82, 2.24) is 5.32 Å². The molecule has 1 aromatic carbocycles. The zero-order chi connectivity index (χ0) is 13.8. The van der Waals surface area contributed by atoms with E-state index in [2.05, 4.69) is 5.32 Å². The molecule has 0 saturated heterocycles. The van der Waals surface area contributed by atoms with Crippen molar-refractivity contribution in [3.8, 4) is 0 Å². The molecule has 0 radical (unpaired) electrons. The van der Waals surface area contributed by atoms with Gasteiger partial charge in [-0.1, -0.05) is 37.1 Å². The lowest BCUT2D eigenvalue weighted by molar-refractivity contribution is -0.126. The second-order valence-electron chi connectivity index (χ2n) is 4.92. The van der Waals surface area contributed by atoms with Crippen LogP contribution in [0.3, 0.4) is 0 Å². The van der Waals surface area contributed by atoms with E-state index < -0.39 is 5.54 Å². The minimum absolute atomic E-state index is 0.101. The molecule has 2 atom stereocenters. The van der Waals surface area contributed by atoms with E-state index in [0.717, 1.165) is 12.0 Å². The van der Waals surface area contributed by atoms with E-state index in [1.54, 1.807) is 6.92 Å². The highest BCUT2D eigenvalue weighted by atomic mass is 35.5. The SMILES string of the molecule is CCCC(C)(N)C(=O)NC(C)c1cccc(Cl)c1. The van der Waals surface area contributed by atoms with Crippen molar-refractivity contribution in [2.24, 2.45) is 5.73 Å². The summed E-state index contributed by atoms with van der Waals surface area (Å²) in [5.41, 5.74) is 6.15. The summed E-state index contributed by atoms with van der Waals surface area (Å²) in [6.07, 6.45) is 1.55. The van der Waals surface area contributed by atoms with Gasteiger partial charge >= 0.3 is 0 Å². The summed E-state index contributed by atoms with van der Waals surface area (Å²) in [5, 5.41) is 3.59. The van der Waals surface area contributed by atoms with Crippen LogP contribution in [0, 0.1) is 0 Å². The maximum atomic E-state index is 12.1. The van der Waals surface area contributed by atoms with Gasteiger partial charge in [0, 0.05) is 5.02 Å². The third-order valence-electron chi connectivity index (χ3n) is 2.98. The van der Waals surface area contributed by atoms with Gasteiger partial charge in [0.25, 0.3) is 0 Å². The Labute approximate surface area is 114 Å². The quantitative estimate of drug-likeness (QED) is 0.862. The maximum absolute atomic E-state index is 12.1. The standard InChI is InChI=1S/C14H21ClN2O/c1-4-8-14(3,16)13(18)17-10(2)11-6-5-7-12(15)9-11/h5-7,9-10H,4,8,16H2,1-3H3,(H,17,18). The first-order valence-electron chi connectivity index (χ1n) is 6.22. The van der Waals surface area contributed by atoms with E-state index in [1.807, 2.05) is 38.1 Å². The molecule has 0 aliphatic heterocycles. The van der Waals surface area contributed by atoms with E-state index in [4.69, 9.17) is 17.3 Å². The van der Waals surface area contributed by atoms with Gasteiger partial charge in [-0.2, -0.15) is 0 Å².